The fourth-order valence-electron chi connectivity index (χ4n) is 12.7. The van der Waals surface area contributed by atoms with E-state index >= 15 is 0 Å². The number of ether oxygens (including phenoxy) is 2. The summed E-state index contributed by atoms with van der Waals surface area (Å²) in [5.41, 5.74) is 3.37. The summed E-state index contributed by atoms with van der Waals surface area (Å²) in [6, 6.07) is 14.6. The molecule has 2 amide bonds. The van der Waals surface area contributed by atoms with Gasteiger partial charge in [0, 0.05) is 121 Å². The van der Waals surface area contributed by atoms with Crippen LogP contribution in [0.4, 0.5) is 5.69 Å². The number of piperidine rings is 1. The van der Waals surface area contributed by atoms with E-state index < -0.39 is 5.60 Å². The lowest BCUT2D eigenvalue weighted by molar-refractivity contribution is -0.130. The summed E-state index contributed by atoms with van der Waals surface area (Å²) in [4.78, 5) is 47.9. The van der Waals surface area contributed by atoms with Gasteiger partial charge in [-0.1, -0.05) is 38.2 Å². The predicted molar refractivity (Wildman–Crippen MR) is 274 cm³/mol. The van der Waals surface area contributed by atoms with Crippen LogP contribution in [0.15, 0.2) is 53.5 Å². The molecule has 6 heterocycles. The van der Waals surface area contributed by atoms with Crippen molar-refractivity contribution < 1.29 is 24.2 Å². The number of hydrogen-bond donors (Lipinski definition) is 6. The van der Waals surface area contributed by atoms with Gasteiger partial charge in [0.05, 0.1) is 28.7 Å². The van der Waals surface area contributed by atoms with Crippen molar-refractivity contribution in [2.75, 3.05) is 78.4 Å². The van der Waals surface area contributed by atoms with Crippen LogP contribution in [0.5, 0.6) is 11.5 Å². The molecule has 4 saturated heterocycles. The summed E-state index contributed by atoms with van der Waals surface area (Å²) in [7, 11) is 5.11. The zero-order valence-electron chi connectivity index (χ0n) is 41.7. The van der Waals surface area contributed by atoms with Gasteiger partial charge < -0.3 is 40.0 Å². The number of aromatic nitrogens is 1. The van der Waals surface area contributed by atoms with Crippen molar-refractivity contribution in [1.29, 1.82) is 0 Å². The summed E-state index contributed by atoms with van der Waals surface area (Å²) in [5.74, 6) is 1.92. The van der Waals surface area contributed by atoms with E-state index in [0.717, 1.165) is 105 Å². The van der Waals surface area contributed by atoms with E-state index in [-0.39, 0.29) is 65.6 Å². The number of nitrogens with zero attached hydrogens (tertiary/aromatic N) is 5. The second-order valence-electron chi connectivity index (χ2n) is 21.7. The number of amides is 2. The van der Waals surface area contributed by atoms with E-state index in [2.05, 4.69) is 59.6 Å². The minimum Gasteiger partial charge on any atom is -0.490 e. The monoisotopic (exact) mass is 983 g/mol. The molecule has 5 aliphatic heterocycles. The Balaban J connectivity index is 0.712. The SMILES string of the molecule is CNC(=O)COc1cc2cc(NC3NC(N4CCC(N5CCN(C6CC(Oc7ccc(C(C)(C)O)cc7C7=CN(C)C(=O)C8NCC(C9CCCCC9)C78)C6)CC5)CC4)NCC3Cl)ccc2n(C)c1=O. The number of aryl methyl sites for hydroxylation is 1. The lowest BCUT2D eigenvalue weighted by Gasteiger charge is -2.49. The normalized spacial score (nSPS) is 29.9. The summed E-state index contributed by atoms with van der Waals surface area (Å²) >= 11 is 6.88. The molecule has 6 unspecified atom stereocenters. The van der Waals surface area contributed by atoms with Crippen LogP contribution in [0.3, 0.4) is 0 Å². The quantitative estimate of drug-likeness (QED) is 0.136. The number of rotatable bonds is 13. The molecule has 7 aliphatic rings. The number of anilines is 1. The lowest BCUT2D eigenvalue weighted by atomic mass is 9.69. The third-order valence-corrected chi connectivity index (χ3v) is 17.3. The number of aliphatic hydroxyl groups is 1. The highest BCUT2D eigenvalue weighted by molar-refractivity contribution is 6.21. The van der Waals surface area contributed by atoms with Gasteiger partial charge in [-0.05, 0) is 92.6 Å². The fourth-order valence-corrected chi connectivity index (χ4v) is 12.9. The highest BCUT2D eigenvalue weighted by Crippen LogP contribution is 2.49. The molecule has 10 rings (SSSR count). The standard InChI is InChI=1S/C53H75ClN10O6/c1-53(2,68)34-11-14-44(39(25-34)41-30-60(4)51(67)48-47(41)40(28-56-48)32-9-7-6-8-10-32)70-38-26-37(27-38)63-21-19-62(20-22-63)36-15-17-64(18-16-36)52-57-29-42(54)49(59-52)58-35-12-13-43-33(23-35)24-45(50(66)61(43)5)69-31-46(65)55-3/h11-14,23-25,30,32,36-38,40,42,47-49,52,56-59,68H,6-10,15-22,26-29,31H2,1-5H3,(H,55,65). The number of halogens is 1. The first-order valence-electron chi connectivity index (χ1n) is 26.1. The Morgan fingerprint density at radius 3 is 2.30 bits per heavy atom. The highest BCUT2D eigenvalue weighted by atomic mass is 35.5. The number of benzene rings is 2. The number of piperazine rings is 1. The fraction of sp³-hybridized carbons (Fsp3) is 0.642. The zero-order chi connectivity index (χ0) is 48.8. The Morgan fingerprint density at radius 1 is 0.857 bits per heavy atom. The first-order valence-corrected chi connectivity index (χ1v) is 26.5. The van der Waals surface area contributed by atoms with Crippen molar-refractivity contribution in [3.05, 3.63) is 70.1 Å². The molecular weight excluding hydrogens is 908 g/mol. The van der Waals surface area contributed by atoms with Gasteiger partial charge in [0.15, 0.2) is 12.4 Å². The topological polar surface area (TPSA) is 168 Å². The van der Waals surface area contributed by atoms with E-state index in [1.54, 1.807) is 18.0 Å². The Kier molecular flexibility index (Phi) is 14.6. The number of hydrogen-bond acceptors (Lipinski definition) is 13. The molecule has 0 radical (unpaired) electrons. The van der Waals surface area contributed by atoms with Gasteiger partial charge in [0.1, 0.15) is 18.1 Å². The number of alkyl halides is 1. The second kappa shape index (κ2) is 20.7. The summed E-state index contributed by atoms with van der Waals surface area (Å²) in [6.45, 7) is 11.2. The van der Waals surface area contributed by atoms with Gasteiger partial charge in [-0.25, -0.2) is 0 Å². The van der Waals surface area contributed by atoms with Crippen molar-refractivity contribution in [3.63, 3.8) is 0 Å². The predicted octanol–water partition coefficient (Wildman–Crippen LogP) is 4.00. The molecule has 0 spiro atoms. The molecule has 3 aromatic rings. The Morgan fingerprint density at radius 2 is 1.59 bits per heavy atom. The first-order chi connectivity index (χ1) is 33.7. The van der Waals surface area contributed by atoms with Crippen molar-refractivity contribution in [2.24, 2.45) is 24.8 Å². The van der Waals surface area contributed by atoms with E-state index in [1.807, 2.05) is 45.2 Å². The number of nitrogens with one attached hydrogen (secondary N) is 5. The molecule has 2 aliphatic carbocycles. The van der Waals surface area contributed by atoms with E-state index in [4.69, 9.17) is 21.1 Å². The smallest absolute Gasteiger partial charge is 0.293 e. The molecule has 0 bridgehead atoms. The largest absolute Gasteiger partial charge is 0.490 e. The number of likely N-dealkylation sites (tertiary alicyclic amines) is 1. The molecule has 6 N–H and O–H groups in total. The van der Waals surface area contributed by atoms with E-state index in [1.165, 1.54) is 49.3 Å². The number of fused-ring (bicyclic) bond motifs is 2. The maximum absolute atomic E-state index is 13.6. The van der Waals surface area contributed by atoms with Crippen LogP contribution >= 0.6 is 11.6 Å². The molecule has 2 saturated carbocycles. The van der Waals surface area contributed by atoms with Gasteiger partial charge in [-0.15, -0.1) is 11.6 Å². The maximum atomic E-state index is 13.6. The van der Waals surface area contributed by atoms with Crippen molar-refractivity contribution in [3.8, 4) is 11.5 Å². The molecular formula is C53H75ClN10O6. The molecule has 2 aromatic carbocycles. The summed E-state index contributed by atoms with van der Waals surface area (Å²) < 4.78 is 14.1. The average Bonchev–Trinajstić information content (AvgIpc) is 3.81. The van der Waals surface area contributed by atoms with Gasteiger partial charge in [-0.3, -0.25) is 39.7 Å². The minimum atomic E-state index is -1.01. The van der Waals surface area contributed by atoms with Crippen LogP contribution in [0, 0.1) is 17.8 Å². The number of pyridine rings is 1. The number of likely N-dealkylation sites (N-methyl/N-ethyl adjacent to an activating group) is 2. The highest BCUT2D eigenvalue weighted by Gasteiger charge is 2.49. The van der Waals surface area contributed by atoms with Crippen LogP contribution in [0.25, 0.3) is 16.5 Å². The zero-order valence-corrected chi connectivity index (χ0v) is 42.5. The van der Waals surface area contributed by atoms with Gasteiger partial charge in [0.2, 0.25) is 5.91 Å². The summed E-state index contributed by atoms with van der Waals surface area (Å²) in [6.07, 6.45) is 12.5. The number of carbonyl (C=O) groups is 2. The molecule has 380 valence electrons. The number of carbonyl (C=O) groups excluding carboxylic acids is 2. The van der Waals surface area contributed by atoms with Crippen molar-refractivity contribution in [1.82, 2.24) is 45.4 Å². The molecule has 6 fully saturated rings. The summed E-state index contributed by atoms with van der Waals surface area (Å²) in [5, 5.41) is 28.9. The van der Waals surface area contributed by atoms with Crippen LogP contribution in [-0.4, -0.2) is 156 Å². The van der Waals surface area contributed by atoms with Crippen LogP contribution in [-0.2, 0) is 22.2 Å². The molecule has 16 nitrogen and oxygen atoms in total. The van der Waals surface area contributed by atoms with E-state index in [9.17, 15) is 19.5 Å². The maximum Gasteiger partial charge on any atom is 0.293 e. The van der Waals surface area contributed by atoms with Crippen LogP contribution < -0.4 is 41.6 Å². The van der Waals surface area contributed by atoms with Crippen molar-refractivity contribution >= 4 is 45.6 Å². The molecule has 70 heavy (non-hydrogen) atoms. The molecule has 17 heteroatoms. The van der Waals surface area contributed by atoms with Crippen LogP contribution in [0.1, 0.15) is 82.8 Å². The van der Waals surface area contributed by atoms with Gasteiger partial charge in [-0.2, -0.15) is 0 Å². The third-order valence-electron chi connectivity index (χ3n) is 16.9. The lowest BCUT2D eigenvalue weighted by Crippen LogP contribution is -2.69. The Bertz CT molecular complexity index is 2470. The van der Waals surface area contributed by atoms with Gasteiger partial charge in [0.25, 0.3) is 11.5 Å². The van der Waals surface area contributed by atoms with E-state index in [0.29, 0.717) is 30.5 Å². The third kappa shape index (κ3) is 10.2. The second-order valence-corrected chi connectivity index (χ2v) is 22.3. The Hall–Kier alpha value is -4.26. The average molecular weight is 984 g/mol. The van der Waals surface area contributed by atoms with Gasteiger partial charge >= 0.3 is 0 Å². The van der Waals surface area contributed by atoms with Crippen molar-refractivity contribution in [2.45, 2.75) is 119 Å². The van der Waals surface area contributed by atoms with Crippen LogP contribution in [0.2, 0.25) is 0 Å². The molecule has 6 atom stereocenters. The first kappa shape index (κ1) is 49.3. The minimum absolute atomic E-state index is 0.0133. The Labute approximate surface area is 417 Å². The molecule has 1 aromatic heterocycles.